The summed E-state index contributed by atoms with van der Waals surface area (Å²) in [6.45, 7) is 4.53. The van der Waals surface area contributed by atoms with Crippen LogP contribution in [-0.4, -0.2) is 32.6 Å². The summed E-state index contributed by atoms with van der Waals surface area (Å²) in [4.78, 5) is 11.9. The number of aryl methyl sites for hydroxylation is 2. The molecule has 31 heavy (non-hydrogen) atoms. The van der Waals surface area contributed by atoms with Gasteiger partial charge < -0.3 is 5.11 Å². The van der Waals surface area contributed by atoms with Gasteiger partial charge in [0.25, 0.3) is 0 Å². The second-order valence-electron chi connectivity index (χ2n) is 8.51. The maximum absolute atomic E-state index is 9.56. The van der Waals surface area contributed by atoms with Crippen molar-refractivity contribution in [2.75, 3.05) is 6.54 Å². The Labute approximate surface area is 189 Å². The first-order valence-electron chi connectivity index (χ1n) is 11.2. The highest BCUT2D eigenvalue weighted by Crippen LogP contribution is 2.25. The molecule has 1 atom stereocenters. The number of halogens is 1. The molecule has 5 heteroatoms. The number of piperidine rings is 1. The second-order valence-corrected chi connectivity index (χ2v) is 8.92. The van der Waals surface area contributed by atoms with E-state index in [1.165, 1.54) is 31.4 Å². The molecule has 3 aromatic rings. The van der Waals surface area contributed by atoms with Crippen LogP contribution >= 0.6 is 11.6 Å². The summed E-state index contributed by atoms with van der Waals surface area (Å²) >= 11 is 6.00. The highest BCUT2D eigenvalue weighted by Gasteiger charge is 2.18. The van der Waals surface area contributed by atoms with Gasteiger partial charge in [-0.3, -0.25) is 4.90 Å². The zero-order chi connectivity index (χ0) is 21.6. The lowest BCUT2D eigenvalue weighted by Crippen LogP contribution is -2.36. The SMILES string of the molecule is C[C@H]1CCCCN1Cc1cccc(-c2ccnc(CCCc3ccc(O)c(Cl)c3)n2)c1. The molecule has 1 aliphatic heterocycles. The molecule has 1 fully saturated rings. The van der Waals surface area contributed by atoms with Crippen LogP contribution in [0.3, 0.4) is 0 Å². The fraction of sp³-hybridized carbons (Fsp3) is 0.385. The van der Waals surface area contributed by atoms with Gasteiger partial charge in [-0.25, -0.2) is 9.97 Å². The minimum absolute atomic E-state index is 0.124. The predicted octanol–water partition coefficient (Wildman–Crippen LogP) is 6.05. The Morgan fingerprint density at radius 3 is 2.81 bits per heavy atom. The maximum atomic E-state index is 9.56. The summed E-state index contributed by atoms with van der Waals surface area (Å²) in [5, 5.41) is 9.95. The fourth-order valence-electron chi connectivity index (χ4n) is 4.29. The smallest absolute Gasteiger partial charge is 0.134 e. The Balaban J connectivity index is 1.40. The third kappa shape index (κ3) is 5.84. The molecule has 0 radical (unpaired) electrons. The number of aromatic hydroxyl groups is 1. The van der Waals surface area contributed by atoms with E-state index in [1.807, 2.05) is 24.4 Å². The topological polar surface area (TPSA) is 49.2 Å². The number of rotatable bonds is 7. The van der Waals surface area contributed by atoms with E-state index in [-0.39, 0.29) is 5.75 Å². The van der Waals surface area contributed by atoms with Crippen molar-refractivity contribution >= 4 is 11.6 Å². The number of nitrogens with zero attached hydrogens (tertiary/aromatic N) is 3. The Bertz CT molecular complexity index is 1020. The Kier molecular flexibility index (Phi) is 7.21. The third-order valence-electron chi connectivity index (χ3n) is 6.13. The Hall–Kier alpha value is -2.43. The first-order chi connectivity index (χ1) is 15.1. The van der Waals surface area contributed by atoms with Gasteiger partial charge in [0.05, 0.1) is 10.7 Å². The van der Waals surface area contributed by atoms with Gasteiger partial charge in [-0.05, 0) is 74.5 Å². The van der Waals surface area contributed by atoms with Crippen LogP contribution in [0, 0.1) is 0 Å². The van der Waals surface area contributed by atoms with Gasteiger partial charge in [0.1, 0.15) is 11.6 Å². The monoisotopic (exact) mass is 435 g/mol. The molecule has 4 rings (SSSR count). The molecule has 0 saturated carbocycles. The van der Waals surface area contributed by atoms with Gasteiger partial charge in [0.2, 0.25) is 0 Å². The molecule has 0 bridgehead atoms. The van der Waals surface area contributed by atoms with Gasteiger partial charge in [0.15, 0.2) is 0 Å². The van der Waals surface area contributed by atoms with Crippen molar-refractivity contribution in [3.8, 4) is 17.0 Å². The summed E-state index contributed by atoms with van der Waals surface area (Å²) in [5.74, 6) is 0.982. The molecule has 162 valence electrons. The largest absolute Gasteiger partial charge is 0.506 e. The van der Waals surface area contributed by atoms with Crippen LogP contribution in [0.25, 0.3) is 11.3 Å². The second kappa shape index (κ2) is 10.3. The summed E-state index contributed by atoms with van der Waals surface area (Å²) in [7, 11) is 0. The number of hydrogen-bond donors (Lipinski definition) is 1. The van der Waals surface area contributed by atoms with Crippen LogP contribution in [0.5, 0.6) is 5.75 Å². The summed E-state index contributed by atoms with van der Waals surface area (Å²) in [6, 6.07) is 16.8. The van der Waals surface area contributed by atoms with Crippen LogP contribution < -0.4 is 0 Å². The lowest BCUT2D eigenvalue weighted by atomic mass is 10.0. The predicted molar refractivity (Wildman–Crippen MR) is 126 cm³/mol. The lowest BCUT2D eigenvalue weighted by molar-refractivity contribution is 0.152. The van der Waals surface area contributed by atoms with E-state index in [2.05, 4.69) is 41.1 Å². The van der Waals surface area contributed by atoms with Crippen LogP contribution in [0.15, 0.2) is 54.7 Å². The number of benzene rings is 2. The first kappa shape index (κ1) is 21.8. The molecule has 1 aliphatic rings. The highest BCUT2D eigenvalue weighted by atomic mass is 35.5. The molecule has 2 heterocycles. The van der Waals surface area contributed by atoms with E-state index >= 15 is 0 Å². The zero-order valence-corrected chi connectivity index (χ0v) is 18.9. The number of likely N-dealkylation sites (tertiary alicyclic amines) is 1. The maximum Gasteiger partial charge on any atom is 0.134 e. The molecule has 2 aromatic carbocycles. The van der Waals surface area contributed by atoms with E-state index in [9.17, 15) is 5.11 Å². The molecule has 0 unspecified atom stereocenters. The average molecular weight is 436 g/mol. The zero-order valence-electron chi connectivity index (χ0n) is 18.1. The summed E-state index contributed by atoms with van der Waals surface area (Å²) in [6.07, 6.45) is 8.41. The van der Waals surface area contributed by atoms with E-state index in [4.69, 9.17) is 16.6 Å². The van der Waals surface area contributed by atoms with Crippen molar-refractivity contribution in [2.45, 2.75) is 58.0 Å². The molecule has 0 spiro atoms. The van der Waals surface area contributed by atoms with E-state index in [1.54, 1.807) is 6.07 Å². The molecular weight excluding hydrogens is 406 g/mol. The Morgan fingerprint density at radius 1 is 1.06 bits per heavy atom. The van der Waals surface area contributed by atoms with E-state index in [0.717, 1.165) is 48.5 Å². The van der Waals surface area contributed by atoms with E-state index < -0.39 is 0 Å². The lowest BCUT2D eigenvalue weighted by Gasteiger charge is -2.33. The van der Waals surface area contributed by atoms with Crippen LogP contribution in [0.2, 0.25) is 5.02 Å². The summed E-state index contributed by atoms with van der Waals surface area (Å²) < 4.78 is 0. The van der Waals surface area contributed by atoms with Crippen LogP contribution in [-0.2, 0) is 19.4 Å². The quantitative estimate of drug-likeness (QED) is 0.490. The van der Waals surface area contributed by atoms with Crippen molar-refractivity contribution in [2.24, 2.45) is 0 Å². The number of aromatic nitrogens is 2. The normalized spacial score (nSPS) is 17.0. The van der Waals surface area contributed by atoms with Gasteiger partial charge in [-0.1, -0.05) is 42.3 Å². The fourth-order valence-corrected chi connectivity index (χ4v) is 4.50. The van der Waals surface area contributed by atoms with Gasteiger partial charge in [0, 0.05) is 30.8 Å². The van der Waals surface area contributed by atoms with E-state index in [0.29, 0.717) is 11.1 Å². The van der Waals surface area contributed by atoms with Crippen LogP contribution in [0.4, 0.5) is 0 Å². The molecule has 4 nitrogen and oxygen atoms in total. The number of phenols is 1. The average Bonchev–Trinajstić information content (AvgIpc) is 2.78. The number of phenolic OH excluding ortho intramolecular Hbond substituents is 1. The first-order valence-corrected chi connectivity index (χ1v) is 11.6. The Morgan fingerprint density at radius 2 is 1.97 bits per heavy atom. The molecule has 1 N–H and O–H groups in total. The molecule has 1 saturated heterocycles. The van der Waals surface area contributed by atoms with Gasteiger partial charge in [-0.2, -0.15) is 0 Å². The van der Waals surface area contributed by atoms with Crippen molar-refractivity contribution in [1.82, 2.24) is 14.9 Å². The van der Waals surface area contributed by atoms with Crippen molar-refractivity contribution < 1.29 is 5.11 Å². The molecule has 1 aromatic heterocycles. The number of hydrogen-bond acceptors (Lipinski definition) is 4. The minimum Gasteiger partial charge on any atom is -0.506 e. The van der Waals surface area contributed by atoms with Gasteiger partial charge in [-0.15, -0.1) is 0 Å². The highest BCUT2D eigenvalue weighted by molar-refractivity contribution is 6.32. The van der Waals surface area contributed by atoms with Crippen LogP contribution in [0.1, 0.15) is 49.6 Å². The molecule has 0 amide bonds. The standard InChI is InChI=1S/C26H30ClN3O/c1-19-6-2-3-15-30(19)18-21-8-4-9-22(16-21)24-13-14-28-26(29-24)10-5-7-20-11-12-25(31)23(27)17-20/h4,8-9,11-14,16-17,19,31H,2-3,5-7,10,15,18H2,1H3/t19-/m0/s1. The van der Waals surface area contributed by atoms with Crippen molar-refractivity contribution in [3.63, 3.8) is 0 Å². The minimum atomic E-state index is 0.124. The molecular formula is C26H30ClN3O. The molecule has 0 aliphatic carbocycles. The van der Waals surface area contributed by atoms with Gasteiger partial charge >= 0.3 is 0 Å². The summed E-state index contributed by atoms with van der Waals surface area (Å²) in [5.41, 5.74) is 4.58. The third-order valence-corrected chi connectivity index (χ3v) is 6.44. The van der Waals surface area contributed by atoms with Crippen molar-refractivity contribution in [1.29, 1.82) is 0 Å². The van der Waals surface area contributed by atoms with Crippen molar-refractivity contribution in [3.05, 3.63) is 76.7 Å².